The van der Waals surface area contributed by atoms with Crippen LogP contribution in [0.4, 0.5) is 28.8 Å². The van der Waals surface area contributed by atoms with Crippen molar-refractivity contribution < 1.29 is 14.3 Å². The monoisotopic (exact) mass is 443 g/mol. The molecule has 0 atom stereocenters. The first-order chi connectivity index (χ1) is 16.1. The lowest BCUT2D eigenvalue weighted by molar-refractivity contribution is 0.0600. The van der Waals surface area contributed by atoms with E-state index in [9.17, 15) is 9.59 Å². The highest BCUT2D eigenvalue weighted by Crippen LogP contribution is 2.43. The van der Waals surface area contributed by atoms with E-state index in [0.717, 1.165) is 37.1 Å². The smallest absolute Gasteiger partial charge is 0.337 e. The maximum atomic E-state index is 13.2. The third-order valence-corrected chi connectivity index (χ3v) is 6.29. The summed E-state index contributed by atoms with van der Waals surface area (Å²) in [4.78, 5) is 38.1. The largest absolute Gasteiger partial charge is 0.465 e. The van der Waals surface area contributed by atoms with Crippen LogP contribution in [0.3, 0.4) is 0 Å². The molecule has 8 heteroatoms. The van der Waals surface area contributed by atoms with Crippen molar-refractivity contribution in [3.63, 3.8) is 0 Å². The van der Waals surface area contributed by atoms with Crippen LogP contribution in [0.1, 0.15) is 46.4 Å². The normalized spacial score (nSPS) is 15.6. The first-order valence-corrected chi connectivity index (χ1v) is 11.1. The molecule has 5 rings (SSSR count). The molecule has 0 radical (unpaired) electrons. The maximum Gasteiger partial charge on any atom is 0.337 e. The summed E-state index contributed by atoms with van der Waals surface area (Å²) in [6.45, 7) is 0. The number of nitrogens with one attached hydrogen (secondary N) is 1. The molecule has 1 aliphatic heterocycles. The van der Waals surface area contributed by atoms with Crippen LogP contribution in [-0.4, -0.2) is 42.0 Å². The summed E-state index contributed by atoms with van der Waals surface area (Å²) in [6.07, 6.45) is 6.11. The average molecular weight is 444 g/mol. The molecule has 1 saturated carbocycles. The fourth-order valence-electron chi connectivity index (χ4n) is 4.58. The van der Waals surface area contributed by atoms with E-state index in [0.29, 0.717) is 28.6 Å². The number of methoxy groups -OCH3 is 1. The Balaban J connectivity index is 1.56. The highest BCUT2D eigenvalue weighted by molar-refractivity contribution is 6.13. The Kier molecular flexibility index (Phi) is 5.42. The van der Waals surface area contributed by atoms with Crippen LogP contribution in [0.5, 0.6) is 0 Å². The van der Waals surface area contributed by atoms with Gasteiger partial charge in [-0.15, -0.1) is 0 Å². The highest BCUT2D eigenvalue weighted by atomic mass is 16.5. The van der Waals surface area contributed by atoms with Gasteiger partial charge in [0.2, 0.25) is 5.95 Å². The Morgan fingerprint density at radius 3 is 2.52 bits per heavy atom. The summed E-state index contributed by atoms with van der Waals surface area (Å²) in [6, 6.07) is 14.9. The average Bonchev–Trinajstić information content (AvgIpc) is 3.36. The maximum absolute atomic E-state index is 13.2. The van der Waals surface area contributed by atoms with Gasteiger partial charge < -0.3 is 19.9 Å². The summed E-state index contributed by atoms with van der Waals surface area (Å²) in [5, 5.41) is 3.22. The Morgan fingerprint density at radius 1 is 1.06 bits per heavy atom. The Hall–Kier alpha value is -3.94. The van der Waals surface area contributed by atoms with E-state index in [1.807, 2.05) is 24.3 Å². The third kappa shape index (κ3) is 3.77. The number of hydrogen-bond donors (Lipinski definition) is 1. The lowest BCUT2D eigenvalue weighted by Gasteiger charge is -2.31. The fraction of sp³-hybridized carbons (Fsp3) is 0.280. The molecule has 0 saturated heterocycles. The molecule has 168 valence electrons. The van der Waals surface area contributed by atoms with Gasteiger partial charge in [0, 0.05) is 18.8 Å². The van der Waals surface area contributed by atoms with E-state index in [2.05, 4.69) is 15.2 Å². The minimum Gasteiger partial charge on any atom is -0.465 e. The topological polar surface area (TPSA) is 87.7 Å². The van der Waals surface area contributed by atoms with E-state index in [1.54, 1.807) is 42.4 Å². The number of ether oxygens (including phenoxy) is 1. The van der Waals surface area contributed by atoms with Crippen molar-refractivity contribution in [1.29, 1.82) is 0 Å². The van der Waals surface area contributed by atoms with Crippen molar-refractivity contribution in [2.45, 2.75) is 31.7 Å². The number of carbonyl (C=O) groups is 2. The second-order valence-corrected chi connectivity index (χ2v) is 8.29. The second kappa shape index (κ2) is 8.54. The SMILES string of the molecule is COC(=O)c1ccc(Nc2ncc3c(n2)N(C2CCCC2)c2ccccc2C(=O)N3C)cc1. The van der Waals surface area contributed by atoms with Crippen LogP contribution in [0.15, 0.2) is 54.7 Å². The van der Waals surface area contributed by atoms with Gasteiger partial charge >= 0.3 is 5.97 Å². The van der Waals surface area contributed by atoms with Crippen LogP contribution in [0.2, 0.25) is 0 Å². The number of nitrogens with zero attached hydrogens (tertiary/aromatic N) is 4. The zero-order valence-electron chi connectivity index (χ0n) is 18.6. The van der Waals surface area contributed by atoms with E-state index >= 15 is 0 Å². The highest BCUT2D eigenvalue weighted by Gasteiger charge is 2.35. The van der Waals surface area contributed by atoms with Gasteiger partial charge in [0.15, 0.2) is 5.82 Å². The quantitative estimate of drug-likeness (QED) is 0.586. The molecule has 1 aromatic heterocycles. The summed E-state index contributed by atoms with van der Waals surface area (Å²) in [5.74, 6) is 0.672. The summed E-state index contributed by atoms with van der Waals surface area (Å²) >= 11 is 0. The number of carbonyl (C=O) groups excluding carboxylic acids is 2. The molecule has 2 aliphatic rings. The molecule has 8 nitrogen and oxygen atoms in total. The van der Waals surface area contributed by atoms with Crippen LogP contribution in [-0.2, 0) is 4.74 Å². The number of anilines is 5. The van der Waals surface area contributed by atoms with E-state index in [4.69, 9.17) is 9.72 Å². The van der Waals surface area contributed by atoms with Crippen molar-refractivity contribution >= 4 is 40.7 Å². The molecular weight excluding hydrogens is 418 g/mol. The zero-order chi connectivity index (χ0) is 22.9. The van der Waals surface area contributed by atoms with E-state index in [-0.39, 0.29) is 17.9 Å². The lowest BCUT2D eigenvalue weighted by atomic mass is 10.1. The van der Waals surface area contributed by atoms with Gasteiger partial charge in [-0.2, -0.15) is 4.98 Å². The molecule has 3 aromatic rings. The predicted molar refractivity (Wildman–Crippen MR) is 127 cm³/mol. The minimum atomic E-state index is -0.388. The zero-order valence-corrected chi connectivity index (χ0v) is 18.6. The number of rotatable bonds is 4. The van der Waals surface area contributed by atoms with Crippen molar-refractivity contribution in [3.8, 4) is 0 Å². The predicted octanol–water partition coefficient (Wildman–Crippen LogP) is 4.68. The van der Waals surface area contributed by atoms with E-state index < -0.39 is 0 Å². The van der Waals surface area contributed by atoms with Crippen LogP contribution >= 0.6 is 0 Å². The molecular formula is C25H25N5O3. The lowest BCUT2D eigenvalue weighted by Crippen LogP contribution is -2.30. The number of benzene rings is 2. The standard InChI is InChI=1S/C25H25N5O3/c1-29-21-15-26-25(27-17-13-11-16(12-14-17)24(32)33-2)28-22(21)30(18-7-3-4-8-18)20-10-6-5-9-19(20)23(29)31/h5-6,9-15,18H,3-4,7-8H2,1-2H3,(H,26,27,28). The molecule has 1 amide bonds. The Labute approximate surface area is 192 Å². The summed E-state index contributed by atoms with van der Waals surface area (Å²) in [7, 11) is 3.12. The molecule has 33 heavy (non-hydrogen) atoms. The van der Waals surface area contributed by atoms with Gasteiger partial charge in [-0.25, -0.2) is 9.78 Å². The van der Waals surface area contributed by atoms with Gasteiger partial charge in [-0.3, -0.25) is 4.79 Å². The fourth-order valence-corrected chi connectivity index (χ4v) is 4.58. The number of amides is 1. The van der Waals surface area contributed by atoms with Crippen molar-refractivity contribution in [3.05, 3.63) is 65.9 Å². The molecule has 1 fully saturated rings. The first-order valence-electron chi connectivity index (χ1n) is 11.1. The molecule has 1 aliphatic carbocycles. The number of fused-ring (bicyclic) bond motifs is 2. The van der Waals surface area contributed by atoms with Gasteiger partial charge in [0.25, 0.3) is 5.91 Å². The number of esters is 1. The third-order valence-electron chi connectivity index (χ3n) is 6.29. The van der Waals surface area contributed by atoms with Crippen molar-refractivity contribution in [2.75, 3.05) is 29.3 Å². The molecule has 0 bridgehead atoms. The van der Waals surface area contributed by atoms with Crippen molar-refractivity contribution in [2.24, 2.45) is 0 Å². The molecule has 2 heterocycles. The van der Waals surface area contributed by atoms with Crippen LogP contribution < -0.4 is 15.1 Å². The van der Waals surface area contributed by atoms with Crippen LogP contribution in [0, 0.1) is 0 Å². The molecule has 2 aromatic carbocycles. The van der Waals surface area contributed by atoms with Gasteiger partial charge in [-0.05, 0) is 49.2 Å². The van der Waals surface area contributed by atoms with Gasteiger partial charge in [-0.1, -0.05) is 25.0 Å². The molecule has 0 spiro atoms. The number of hydrogen-bond acceptors (Lipinski definition) is 7. The Morgan fingerprint density at radius 2 is 1.79 bits per heavy atom. The van der Waals surface area contributed by atoms with Crippen molar-refractivity contribution in [1.82, 2.24) is 9.97 Å². The second-order valence-electron chi connectivity index (χ2n) is 8.29. The molecule has 0 unspecified atom stereocenters. The Bertz CT molecular complexity index is 1200. The van der Waals surface area contributed by atoms with Gasteiger partial charge in [0.1, 0.15) is 5.69 Å². The number of aromatic nitrogens is 2. The molecule has 1 N–H and O–H groups in total. The number of para-hydroxylation sites is 1. The summed E-state index contributed by atoms with van der Waals surface area (Å²) in [5.41, 5.74) is 3.43. The van der Waals surface area contributed by atoms with E-state index in [1.165, 1.54) is 7.11 Å². The van der Waals surface area contributed by atoms with Crippen LogP contribution in [0.25, 0.3) is 0 Å². The van der Waals surface area contributed by atoms with Gasteiger partial charge in [0.05, 0.1) is 30.1 Å². The first kappa shape index (κ1) is 20.9. The minimum absolute atomic E-state index is 0.0740. The summed E-state index contributed by atoms with van der Waals surface area (Å²) < 4.78 is 4.75.